The van der Waals surface area contributed by atoms with Crippen LogP contribution in [-0.4, -0.2) is 0 Å². The summed E-state index contributed by atoms with van der Waals surface area (Å²) in [6.07, 6.45) is 0. The van der Waals surface area contributed by atoms with Gasteiger partial charge in [0.05, 0.1) is 0 Å². The Morgan fingerprint density at radius 1 is 0.688 bits per heavy atom. The molecule has 0 saturated heterocycles. The lowest BCUT2D eigenvalue weighted by Gasteiger charge is -2.04. The fourth-order valence-corrected chi connectivity index (χ4v) is 1.55. The molecule has 0 aliphatic heterocycles. The lowest BCUT2D eigenvalue weighted by Crippen LogP contribution is -1.82. The molecule has 0 unspecified atom stereocenters. The fraction of sp³-hybridized carbons (Fsp3) is 0.125. The summed E-state index contributed by atoms with van der Waals surface area (Å²) in [7, 11) is 0. The molecule has 0 radical (unpaired) electrons. The van der Waals surface area contributed by atoms with E-state index in [2.05, 4.69) is 69.5 Å². The first-order chi connectivity index (χ1) is 7.77. The molecule has 16 heavy (non-hydrogen) atoms. The van der Waals surface area contributed by atoms with E-state index in [9.17, 15) is 0 Å². The highest BCUT2D eigenvalue weighted by molar-refractivity contribution is 5.64. The summed E-state index contributed by atoms with van der Waals surface area (Å²) in [5, 5.41) is 0. The Bertz CT molecular complexity index is 441. The van der Waals surface area contributed by atoms with E-state index in [-0.39, 0.29) is 0 Å². The average Bonchev–Trinajstić information content (AvgIpc) is 2.36. The Morgan fingerprint density at radius 2 is 1.31 bits per heavy atom. The molecule has 0 heterocycles. The van der Waals surface area contributed by atoms with Gasteiger partial charge in [-0.2, -0.15) is 0 Å². The van der Waals surface area contributed by atoms with Gasteiger partial charge in [0.2, 0.25) is 0 Å². The number of benzene rings is 2. The van der Waals surface area contributed by atoms with Gasteiger partial charge < -0.3 is 0 Å². The lowest BCUT2D eigenvalue weighted by molar-refractivity contribution is 1.34. The van der Waals surface area contributed by atoms with Crippen molar-refractivity contribution < 1.29 is 0 Å². The molecule has 0 heteroatoms. The monoisotopic (exact) mass is 210 g/mol. The minimum Gasteiger partial charge on any atom is -0.106 e. The molecule has 0 spiro atoms. The first-order valence-corrected chi connectivity index (χ1v) is 5.40. The summed E-state index contributed by atoms with van der Waals surface area (Å²) in [5.74, 6) is 0. The van der Waals surface area contributed by atoms with Gasteiger partial charge in [-0.05, 0) is 36.1 Å². The van der Waals surface area contributed by atoms with Crippen molar-refractivity contribution in [2.24, 2.45) is 0 Å². The van der Waals surface area contributed by atoms with E-state index < -0.39 is 0 Å². The third-order valence-electron chi connectivity index (χ3n) is 2.61. The molecule has 2 aromatic carbocycles. The van der Waals surface area contributed by atoms with Gasteiger partial charge in [-0.3, -0.25) is 0 Å². The van der Waals surface area contributed by atoms with E-state index in [1.165, 1.54) is 22.3 Å². The minimum atomic E-state index is 1.29. The fourth-order valence-electron chi connectivity index (χ4n) is 1.55. The van der Waals surface area contributed by atoms with E-state index in [4.69, 9.17) is 0 Å². The zero-order valence-electron chi connectivity index (χ0n) is 10.0. The molecule has 0 saturated carbocycles. The largest absolute Gasteiger partial charge is 0.106 e. The average molecular weight is 210 g/mol. The van der Waals surface area contributed by atoms with Gasteiger partial charge in [0, 0.05) is 0 Å². The van der Waals surface area contributed by atoms with Crippen LogP contribution in [0.2, 0.25) is 0 Å². The maximum absolute atomic E-state index is 3.00. The van der Waals surface area contributed by atoms with Gasteiger partial charge in [0.25, 0.3) is 0 Å². The van der Waals surface area contributed by atoms with Crippen molar-refractivity contribution in [3.8, 4) is 11.1 Å². The van der Waals surface area contributed by atoms with E-state index >= 15 is 0 Å². The highest BCUT2D eigenvalue weighted by atomic mass is 14.0. The van der Waals surface area contributed by atoms with Gasteiger partial charge in [-0.1, -0.05) is 48.5 Å². The van der Waals surface area contributed by atoms with Crippen LogP contribution in [0.25, 0.3) is 11.1 Å². The van der Waals surface area contributed by atoms with Gasteiger partial charge in [0.1, 0.15) is 0 Å². The van der Waals surface area contributed by atoms with E-state index in [1.807, 2.05) is 6.07 Å². The summed E-state index contributed by atoms with van der Waals surface area (Å²) in [6, 6.07) is 17.1. The summed E-state index contributed by atoms with van der Waals surface area (Å²) in [5.41, 5.74) is 5.29. The molecule has 0 amide bonds. The maximum Gasteiger partial charge on any atom is -0.0181 e. The SMILES string of the molecule is C=C.Cc1ccc(-c2ccccc2)cc1C. The van der Waals surface area contributed by atoms with Crippen LogP contribution in [0.4, 0.5) is 0 Å². The van der Waals surface area contributed by atoms with Crippen LogP contribution >= 0.6 is 0 Å². The van der Waals surface area contributed by atoms with E-state index in [0.717, 1.165) is 0 Å². The zero-order valence-corrected chi connectivity index (χ0v) is 10.0. The van der Waals surface area contributed by atoms with Crippen molar-refractivity contribution in [3.63, 3.8) is 0 Å². The van der Waals surface area contributed by atoms with Crippen LogP contribution in [0.5, 0.6) is 0 Å². The van der Waals surface area contributed by atoms with Gasteiger partial charge in [0.15, 0.2) is 0 Å². The molecule has 0 aliphatic rings. The normalized spacial score (nSPS) is 9.12. The second-order valence-corrected chi connectivity index (χ2v) is 3.67. The van der Waals surface area contributed by atoms with Crippen molar-refractivity contribution in [3.05, 3.63) is 72.8 Å². The summed E-state index contributed by atoms with van der Waals surface area (Å²) < 4.78 is 0. The number of aryl methyl sites for hydroxylation is 2. The summed E-state index contributed by atoms with van der Waals surface area (Å²) >= 11 is 0. The smallest absolute Gasteiger partial charge is 0.0181 e. The predicted molar refractivity (Wildman–Crippen MR) is 72.6 cm³/mol. The van der Waals surface area contributed by atoms with Crippen molar-refractivity contribution in [2.45, 2.75) is 13.8 Å². The molecular formula is C16H18. The van der Waals surface area contributed by atoms with Crippen LogP contribution in [0.15, 0.2) is 61.7 Å². The Balaban J connectivity index is 0.000000606. The number of hydrogen-bond acceptors (Lipinski definition) is 0. The quantitative estimate of drug-likeness (QED) is 0.595. The molecule has 82 valence electrons. The van der Waals surface area contributed by atoms with Crippen molar-refractivity contribution in [2.75, 3.05) is 0 Å². The standard InChI is InChI=1S/C14H14.C2H4/c1-11-8-9-14(10-12(11)2)13-6-4-3-5-7-13;1-2/h3-10H,1-2H3;1-2H2. The second kappa shape index (κ2) is 5.92. The number of rotatable bonds is 1. The Labute approximate surface area is 98.3 Å². The zero-order chi connectivity index (χ0) is 12.0. The highest BCUT2D eigenvalue weighted by Crippen LogP contribution is 2.21. The topological polar surface area (TPSA) is 0 Å². The highest BCUT2D eigenvalue weighted by Gasteiger charge is 1.97. The summed E-state index contributed by atoms with van der Waals surface area (Å²) in [6.45, 7) is 10.3. The molecule has 0 atom stereocenters. The Kier molecular flexibility index (Phi) is 4.53. The first-order valence-electron chi connectivity index (χ1n) is 5.40. The van der Waals surface area contributed by atoms with Crippen LogP contribution in [0.3, 0.4) is 0 Å². The molecule has 0 N–H and O–H groups in total. The predicted octanol–water partition coefficient (Wildman–Crippen LogP) is 4.77. The van der Waals surface area contributed by atoms with Crippen LogP contribution in [0.1, 0.15) is 11.1 Å². The first kappa shape index (κ1) is 12.3. The summed E-state index contributed by atoms with van der Waals surface area (Å²) in [4.78, 5) is 0. The third-order valence-corrected chi connectivity index (χ3v) is 2.61. The molecule has 0 bridgehead atoms. The Morgan fingerprint density at radius 3 is 1.88 bits per heavy atom. The molecule has 2 rings (SSSR count). The Hall–Kier alpha value is -1.82. The second-order valence-electron chi connectivity index (χ2n) is 3.67. The minimum absolute atomic E-state index is 1.29. The van der Waals surface area contributed by atoms with Crippen LogP contribution in [-0.2, 0) is 0 Å². The van der Waals surface area contributed by atoms with Gasteiger partial charge in [-0.15, -0.1) is 13.2 Å². The molecule has 0 aromatic heterocycles. The third kappa shape index (κ3) is 2.83. The van der Waals surface area contributed by atoms with Gasteiger partial charge >= 0.3 is 0 Å². The van der Waals surface area contributed by atoms with E-state index in [1.54, 1.807) is 0 Å². The lowest BCUT2D eigenvalue weighted by atomic mass is 10.0. The molecule has 0 fully saturated rings. The van der Waals surface area contributed by atoms with Crippen molar-refractivity contribution in [1.29, 1.82) is 0 Å². The molecular weight excluding hydrogens is 192 g/mol. The molecule has 0 aliphatic carbocycles. The maximum atomic E-state index is 3.00. The number of hydrogen-bond donors (Lipinski definition) is 0. The van der Waals surface area contributed by atoms with Crippen molar-refractivity contribution >= 4 is 0 Å². The van der Waals surface area contributed by atoms with Gasteiger partial charge in [-0.25, -0.2) is 0 Å². The molecule has 2 aromatic rings. The molecule has 0 nitrogen and oxygen atoms in total. The van der Waals surface area contributed by atoms with Crippen molar-refractivity contribution in [1.82, 2.24) is 0 Å². The van der Waals surface area contributed by atoms with E-state index in [0.29, 0.717) is 0 Å². The van der Waals surface area contributed by atoms with Crippen LogP contribution < -0.4 is 0 Å². The van der Waals surface area contributed by atoms with Crippen LogP contribution in [0, 0.1) is 13.8 Å².